The van der Waals surface area contributed by atoms with Crippen molar-refractivity contribution in [1.29, 1.82) is 0 Å². The molecule has 0 aliphatic carbocycles. The highest BCUT2D eigenvalue weighted by Gasteiger charge is 2.30. The van der Waals surface area contributed by atoms with Crippen molar-refractivity contribution in [2.24, 2.45) is 0 Å². The molecule has 2 unspecified atom stereocenters. The highest BCUT2D eigenvalue weighted by molar-refractivity contribution is 8.00. The first-order chi connectivity index (χ1) is 8.97. The number of aliphatic hydroxyl groups excluding tert-OH is 1. The summed E-state index contributed by atoms with van der Waals surface area (Å²) in [5, 5.41) is 10.3. The summed E-state index contributed by atoms with van der Waals surface area (Å²) in [6, 6.07) is 5.24. The Labute approximate surface area is 115 Å². The molecule has 0 aromatic heterocycles. The number of rotatable bonds is 3. The average Bonchev–Trinajstić information content (AvgIpc) is 2.39. The van der Waals surface area contributed by atoms with Gasteiger partial charge in [-0.05, 0) is 36.6 Å². The third kappa shape index (κ3) is 4.14. The quantitative estimate of drug-likeness (QED) is 0.911. The normalized spacial score (nSPS) is 22.2. The molecule has 1 heterocycles. The topological polar surface area (TPSA) is 20.2 Å². The van der Waals surface area contributed by atoms with E-state index in [1.807, 2.05) is 0 Å². The van der Waals surface area contributed by atoms with Gasteiger partial charge in [-0.15, -0.1) is 0 Å². The highest BCUT2D eigenvalue weighted by atomic mass is 32.2. The van der Waals surface area contributed by atoms with Crippen LogP contribution in [0.4, 0.5) is 13.2 Å². The zero-order valence-corrected chi connectivity index (χ0v) is 11.3. The summed E-state index contributed by atoms with van der Waals surface area (Å²) in [6.45, 7) is 0. The summed E-state index contributed by atoms with van der Waals surface area (Å²) >= 11 is 1.73. The minimum Gasteiger partial charge on any atom is -0.392 e. The summed E-state index contributed by atoms with van der Waals surface area (Å²) in [5.41, 5.74) is -0.0954. The van der Waals surface area contributed by atoms with Gasteiger partial charge in [0, 0.05) is 5.25 Å². The van der Waals surface area contributed by atoms with Crippen LogP contribution in [0.3, 0.4) is 0 Å². The minimum absolute atomic E-state index is 0.156. The van der Waals surface area contributed by atoms with Crippen molar-refractivity contribution in [3.8, 4) is 0 Å². The smallest absolute Gasteiger partial charge is 0.392 e. The van der Waals surface area contributed by atoms with Gasteiger partial charge in [0.2, 0.25) is 0 Å². The van der Waals surface area contributed by atoms with E-state index in [1.54, 1.807) is 17.8 Å². The number of thioether (sulfide) groups is 1. The fourth-order valence-corrected chi connectivity index (χ4v) is 3.64. The molecule has 0 amide bonds. The second kappa shape index (κ2) is 6.18. The van der Waals surface area contributed by atoms with Gasteiger partial charge in [0.25, 0.3) is 0 Å². The van der Waals surface area contributed by atoms with Crippen molar-refractivity contribution in [3.63, 3.8) is 0 Å². The summed E-state index contributed by atoms with van der Waals surface area (Å²) in [4.78, 5) is 0. The first kappa shape index (κ1) is 14.7. The maximum absolute atomic E-state index is 12.6. The Kier molecular flexibility index (Phi) is 4.79. The summed E-state index contributed by atoms with van der Waals surface area (Å²) in [6.07, 6.45) is -1.38. The van der Waals surface area contributed by atoms with Gasteiger partial charge in [-0.25, -0.2) is 0 Å². The third-order valence-corrected chi connectivity index (χ3v) is 4.85. The zero-order valence-electron chi connectivity index (χ0n) is 10.5. The number of halogens is 3. The molecule has 1 nitrogen and oxygen atoms in total. The fourth-order valence-electron chi connectivity index (χ4n) is 2.32. The molecule has 5 heteroatoms. The van der Waals surface area contributed by atoms with E-state index < -0.39 is 17.8 Å². The lowest BCUT2D eigenvalue weighted by Crippen LogP contribution is -2.28. The maximum atomic E-state index is 12.6. The number of alkyl halides is 3. The molecule has 2 rings (SSSR count). The SMILES string of the molecule is OC(Cc1cccc(C(F)(F)F)c1)C1CCCCS1. The molecular formula is C14H17F3OS. The standard InChI is InChI=1S/C14H17F3OS/c15-14(16,17)11-5-3-4-10(8-11)9-12(18)13-6-1-2-7-19-13/h3-5,8,12-13,18H,1-2,6-7,9H2. The molecular weight excluding hydrogens is 273 g/mol. The largest absolute Gasteiger partial charge is 0.416 e. The number of hydrogen-bond donors (Lipinski definition) is 1. The summed E-state index contributed by atoms with van der Waals surface area (Å²) in [7, 11) is 0. The van der Waals surface area contributed by atoms with Crippen LogP contribution < -0.4 is 0 Å². The molecule has 106 valence electrons. The molecule has 1 aliphatic rings. The van der Waals surface area contributed by atoms with Gasteiger partial charge in [-0.1, -0.05) is 24.6 Å². The Balaban J connectivity index is 2.02. The van der Waals surface area contributed by atoms with Gasteiger partial charge in [0.05, 0.1) is 11.7 Å². The van der Waals surface area contributed by atoms with Crippen LogP contribution in [0.15, 0.2) is 24.3 Å². The van der Waals surface area contributed by atoms with Gasteiger partial charge in [0.1, 0.15) is 0 Å². The molecule has 1 aromatic carbocycles. The maximum Gasteiger partial charge on any atom is 0.416 e. The van der Waals surface area contributed by atoms with E-state index in [9.17, 15) is 18.3 Å². The molecule has 1 aromatic rings. The van der Waals surface area contributed by atoms with Gasteiger partial charge < -0.3 is 5.11 Å². The lowest BCUT2D eigenvalue weighted by molar-refractivity contribution is -0.137. The molecule has 1 aliphatic heterocycles. The van der Waals surface area contributed by atoms with Crippen molar-refractivity contribution >= 4 is 11.8 Å². The van der Waals surface area contributed by atoms with Crippen molar-refractivity contribution in [1.82, 2.24) is 0 Å². The number of benzene rings is 1. The second-order valence-corrected chi connectivity index (χ2v) is 6.22. The Morgan fingerprint density at radius 3 is 2.74 bits per heavy atom. The van der Waals surface area contributed by atoms with E-state index in [0.717, 1.165) is 37.1 Å². The van der Waals surface area contributed by atoms with Gasteiger partial charge in [-0.2, -0.15) is 24.9 Å². The van der Waals surface area contributed by atoms with Crippen LogP contribution in [0.25, 0.3) is 0 Å². The Hall–Kier alpha value is -0.680. The molecule has 1 fully saturated rings. The zero-order chi connectivity index (χ0) is 13.9. The Bertz CT molecular complexity index is 413. The van der Waals surface area contributed by atoms with Crippen LogP contribution in [-0.4, -0.2) is 22.2 Å². The van der Waals surface area contributed by atoms with Crippen LogP contribution in [0.2, 0.25) is 0 Å². The van der Waals surface area contributed by atoms with Crippen molar-refractivity contribution in [2.75, 3.05) is 5.75 Å². The molecule has 1 saturated heterocycles. The summed E-state index contributed by atoms with van der Waals surface area (Å²) in [5.74, 6) is 1.03. The minimum atomic E-state index is -4.32. The van der Waals surface area contributed by atoms with Crippen molar-refractivity contribution < 1.29 is 18.3 Å². The third-order valence-electron chi connectivity index (χ3n) is 3.34. The molecule has 19 heavy (non-hydrogen) atoms. The van der Waals surface area contributed by atoms with Gasteiger partial charge in [-0.3, -0.25) is 0 Å². The van der Waals surface area contributed by atoms with Gasteiger partial charge in [0.15, 0.2) is 0 Å². The summed E-state index contributed by atoms with van der Waals surface area (Å²) < 4.78 is 37.8. The number of hydrogen-bond acceptors (Lipinski definition) is 2. The Morgan fingerprint density at radius 1 is 1.32 bits per heavy atom. The molecule has 1 N–H and O–H groups in total. The van der Waals surface area contributed by atoms with Crippen LogP contribution in [0.1, 0.15) is 30.4 Å². The monoisotopic (exact) mass is 290 g/mol. The second-order valence-electron chi connectivity index (χ2n) is 4.87. The van der Waals surface area contributed by atoms with Gasteiger partial charge >= 0.3 is 6.18 Å². The van der Waals surface area contributed by atoms with Crippen molar-refractivity contribution in [2.45, 2.75) is 43.2 Å². The first-order valence-corrected chi connectivity index (χ1v) is 7.47. The average molecular weight is 290 g/mol. The first-order valence-electron chi connectivity index (χ1n) is 6.42. The van der Waals surface area contributed by atoms with Crippen LogP contribution >= 0.6 is 11.8 Å². The molecule has 0 saturated carbocycles. The molecule has 0 spiro atoms. The predicted molar refractivity (Wildman–Crippen MR) is 71.3 cm³/mol. The van der Waals surface area contributed by atoms with Crippen LogP contribution in [0.5, 0.6) is 0 Å². The van der Waals surface area contributed by atoms with E-state index in [2.05, 4.69) is 0 Å². The van der Waals surface area contributed by atoms with E-state index in [1.165, 1.54) is 6.07 Å². The van der Waals surface area contributed by atoms with E-state index in [4.69, 9.17) is 0 Å². The fraction of sp³-hybridized carbons (Fsp3) is 0.571. The number of aliphatic hydroxyl groups is 1. The van der Waals surface area contributed by atoms with E-state index in [-0.39, 0.29) is 5.25 Å². The van der Waals surface area contributed by atoms with Crippen LogP contribution in [0, 0.1) is 0 Å². The van der Waals surface area contributed by atoms with Crippen LogP contribution in [-0.2, 0) is 12.6 Å². The van der Waals surface area contributed by atoms with E-state index >= 15 is 0 Å². The lowest BCUT2D eigenvalue weighted by atomic mass is 10.0. The lowest BCUT2D eigenvalue weighted by Gasteiger charge is -2.26. The molecule has 0 bridgehead atoms. The Morgan fingerprint density at radius 2 is 2.11 bits per heavy atom. The van der Waals surface area contributed by atoms with E-state index in [0.29, 0.717) is 12.0 Å². The molecule has 0 radical (unpaired) electrons. The molecule has 2 atom stereocenters. The highest BCUT2D eigenvalue weighted by Crippen LogP contribution is 2.31. The predicted octanol–water partition coefficient (Wildman–Crippen LogP) is 3.89. The van der Waals surface area contributed by atoms with Crippen molar-refractivity contribution in [3.05, 3.63) is 35.4 Å².